The number of aliphatic imine (C=N–C) groups is 1. The summed E-state index contributed by atoms with van der Waals surface area (Å²) >= 11 is 0. The van der Waals surface area contributed by atoms with E-state index < -0.39 is 0 Å². The van der Waals surface area contributed by atoms with Crippen LogP contribution in [0.15, 0.2) is 16.8 Å². The number of nitrogens with two attached hydrogens (primary N) is 2. The summed E-state index contributed by atoms with van der Waals surface area (Å²) in [4.78, 5) is 4.21. The van der Waals surface area contributed by atoms with Crippen molar-refractivity contribution in [1.82, 2.24) is 0 Å². The van der Waals surface area contributed by atoms with Crippen LogP contribution in [0.3, 0.4) is 0 Å². The minimum atomic E-state index is 0.481. The minimum absolute atomic E-state index is 0.481. The molecule has 1 rings (SSSR count). The van der Waals surface area contributed by atoms with Gasteiger partial charge in [-0.15, -0.1) is 0 Å². The monoisotopic (exact) mass is 139 g/mol. The second kappa shape index (κ2) is 2.73. The third-order valence-corrected chi connectivity index (χ3v) is 1.52. The molecule has 0 heterocycles. The van der Waals surface area contributed by atoms with Crippen molar-refractivity contribution >= 4 is 5.84 Å². The molecule has 0 bridgehead atoms. The molecule has 1 saturated carbocycles. The van der Waals surface area contributed by atoms with Crippen LogP contribution in [0.1, 0.15) is 19.8 Å². The number of nitrogens with zero attached hydrogens (tertiary/aromatic N) is 1. The maximum Gasteiger partial charge on any atom is 0.122 e. The van der Waals surface area contributed by atoms with Gasteiger partial charge in [0.15, 0.2) is 0 Å². The first-order valence-corrected chi connectivity index (χ1v) is 3.46. The molecule has 0 saturated heterocycles. The Kier molecular flexibility index (Phi) is 1.94. The molecule has 10 heavy (non-hydrogen) atoms. The van der Waals surface area contributed by atoms with Crippen LogP contribution >= 0.6 is 0 Å². The quantitative estimate of drug-likeness (QED) is 0.429. The van der Waals surface area contributed by atoms with Crippen molar-refractivity contribution in [3.05, 3.63) is 11.8 Å². The lowest BCUT2D eigenvalue weighted by atomic mass is 10.3. The van der Waals surface area contributed by atoms with E-state index in [1.54, 1.807) is 0 Å². The molecular weight excluding hydrogens is 126 g/mol. The molecule has 1 aliphatic carbocycles. The molecule has 1 fully saturated rings. The number of amidine groups is 1. The van der Waals surface area contributed by atoms with E-state index in [9.17, 15) is 0 Å². The zero-order chi connectivity index (χ0) is 7.56. The third kappa shape index (κ3) is 1.76. The molecule has 0 unspecified atom stereocenters. The fourth-order valence-corrected chi connectivity index (χ4v) is 0.588. The van der Waals surface area contributed by atoms with E-state index in [2.05, 4.69) is 4.99 Å². The lowest BCUT2D eigenvalue weighted by Gasteiger charge is -1.96. The van der Waals surface area contributed by atoms with Crippen molar-refractivity contribution in [3.63, 3.8) is 0 Å². The van der Waals surface area contributed by atoms with Gasteiger partial charge in [-0.2, -0.15) is 0 Å². The number of hydrogen-bond donors (Lipinski definition) is 2. The molecule has 0 aromatic rings. The van der Waals surface area contributed by atoms with Crippen molar-refractivity contribution in [1.29, 1.82) is 0 Å². The van der Waals surface area contributed by atoms with E-state index in [-0.39, 0.29) is 0 Å². The molecule has 0 aromatic heterocycles. The molecule has 1 aliphatic rings. The average Bonchev–Trinajstić information content (AvgIpc) is 2.70. The van der Waals surface area contributed by atoms with Crippen LogP contribution in [0.4, 0.5) is 0 Å². The van der Waals surface area contributed by atoms with Gasteiger partial charge in [-0.1, -0.05) is 0 Å². The summed E-state index contributed by atoms with van der Waals surface area (Å²) in [5, 5.41) is 0. The second-order valence-corrected chi connectivity index (χ2v) is 2.60. The van der Waals surface area contributed by atoms with Gasteiger partial charge in [-0.3, -0.25) is 4.99 Å². The molecule has 0 radical (unpaired) electrons. The summed E-state index contributed by atoms with van der Waals surface area (Å²) in [6.45, 7) is 1.86. The maximum atomic E-state index is 5.57. The summed E-state index contributed by atoms with van der Waals surface area (Å²) in [7, 11) is 0. The minimum Gasteiger partial charge on any atom is -0.404 e. The van der Waals surface area contributed by atoms with E-state index >= 15 is 0 Å². The van der Waals surface area contributed by atoms with Gasteiger partial charge in [0.1, 0.15) is 5.84 Å². The summed E-state index contributed by atoms with van der Waals surface area (Å²) in [5.74, 6) is 0.588. The maximum absolute atomic E-state index is 5.57. The van der Waals surface area contributed by atoms with Gasteiger partial charge in [0.25, 0.3) is 0 Å². The smallest absolute Gasteiger partial charge is 0.122 e. The Labute approximate surface area is 60.8 Å². The van der Waals surface area contributed by atoms with Crippen LogP contribution in [0.5, 0.6) is 0 Å². The standard InChI is InChI=1S/C7H13N3/c1-5(4-8)7(9)10-6-2-3-6/h4,6H,2-3,8H2,1H3,(H2,9,10). The molecule has 0 atom stereocenters. The molecular formula is C7H13N3. The average molecular weight is 139 g/mol. The van der Waals surface area contributed by atoms with E-state index in [1.807, 2.05) is 6.92 Å². The van der Waals surface area contributed by atoms with Crippen molar-refractivity contribution in [2.45, 2.75) is 25.8 Å². The Morgan fingerprint density at radius 1 is 1.60 bits per heavy atom. The Balaban J connectivity index is 2.53. The van der Waals surface area contributed by atoms with Crippen LogP contribution in [0.25, 0.3) is 0 Å². The van der Waals surface area contributed by atoms with Gasteiger partial charge in [0.05, 0.1) is 6.04 Å². The molecule has 0 aliphatic heterocycles. The molecule has 3 nitrogen and oxygen atoms in total. The Hall–Kier alpha value is -0.990. The SMILES string of the molecule is CC(=CN)C(N)=NC1CC1. The lowest BCUT2D eigenvalue weighted by molar-refractivity contribution is 1.06. The van der Waals surface area contributed by atoms with Gasteiger partial charge >= 0.3 is 0 Å². The Morgan fingerprint density at radius 2 is 2.20 bits per heavy atom. The molecule has 4 N–H and O–H groups in total. The summed E-state index contributed by atoms with van der Waals surface area (Å²) in [6, 6.07) is 0.481. The Morgan fingerprint density at radius 3 is 2.60 bits per heavy atom. The van der Waals surface area contributed by atoms with Gasteiger partial charge in [0.2, 0.25) is 0 Å². The van der Waals surface area contributed by atoms with Crippen molar-refractivity contribution in [2.75, 3.05) is 0 Å². The van der Waals surface area contributed by atoms with E-state index in [4.69, 9.17) is 11.5 Å². The normalized spacial score (nSPS) is 21.3. The lowest BCUT2D eigenvalue weighted by Crippen LogP contribution is -2.14. The van der Waals surface area contributed by atoms with Gasteiger partial charge < -0.3 is 11.5 Å². The molecule has 0 amide bonds. The van der Waals surface area contributed by atoms with Crippen molar-refractivity contribution < 1.29 is 0 Å². The highest BCUT2D eigenvalue weighted by atomic mass is 14.9. The zero-order valence-electron chi connectivity index (χ0n) is 6.17. The van der Waals surface area contributed by atoms with Crippen LogP contribution < -0.4 is 11.5 Å². The summed E-state index contributed by atoms with van der Waals surface area (Å²) < 4.78 is 0. The molecule has 56 valence electrons. The zero-order valence-corrected chi connectivity index (χ0v) is 6.17. The Bertz CT molecular complexity index is 177. The van der Waals surface area contributed by atoms with Crippen LogP contribution in [-0.4, -0.2) is 11.9 Å². The predicted octanol–water partition coefficient (Wildman–Crippen LogP) is 0.368. The van der Waals surface area contributed by atoms with Gasteiger partial charge in [-0.05, 0) is 19.8 Å². The summed E-state index contributed by atoms with van der Waals surface area (Å²) in [5.41, 5.74) is 11.7. The van der Waals surface area contributed by atoms with E-state index in [1.165, 1.54) is 19.0 Å². The molecule has 0 spiro atoms. The largest absolute Gasteiger partial charge is 0.404 e. The summed E-state index contributed by atoms with van der Waals surface area (Å²) in [6.07, 6.45) is 3.85. The topological polar surface area (TPSA) is 64.4 Å². The highest BCUT2D eigenvalue weighted by Gasteiger charge is 2.20. The number of hydrogen-bond acceptors (Lipinski definition) is 2. The highest BCUT2D eigenvalue weighted by Crippen LogP contribution is 2.23. The molecule has 0 aromatic carbocycles. The highest BCUT2D eigenvalue weighted by molar-refractivity contribution is 5.96. The van der Waals surface area contributed by atoms with Crippen molar-refractivity contribution in [2.24, 2.45) is 16.5 Å². The second-order valence-electron chi connectivity index (χ2n) is 2.60. The number of rotatable bonds is 2. The van der Waals surface area contributed by atoms with Gasteiger partial charge in [0, 0.05) is 11.8 Å². The first-order chi connectivity index (χ1) is 4.74. The van der Waals surface area contributed by atoms with Gasteiger partial charge in [-0.25, -0.2) is 0 Å². The first-order valence-electron chi connectivity index (χ1n) is 3.46. The first kappa shape index (κ1) is 7.12. The van der Waals surface area contributed by atoms with Crippen LogP contribution in [0, 0.1) is 0 Å². The predicted molar refractivity (Wildman–Crippen MR) is 42.6 cm³/mol. The third-order valence-electron chi connectivity index (χ3n) is 1.52. The fraction of sp³-hybridized carbons (Fsp3) is 0.571. The van der Waals surface area contributed by atoms with Crippen LogP contribution in [-0.2, 0) is 0 Å². The van der Waals surface area contributed by atoms with Crippen LogP contribution in [0.2, 0.25) is 0 Å². The van der Waals surface area contributed by atoms with Crippen molar-refractivity contribution in [3.8, 4) is 0 Å². The molecule has 3 heteroatoms. The van der Waals surface area contributed by atoms with E-state index in [0.717, 1.165) is 5.57 Å². The fourth-order valence-electron chi connectivity index (χ4n) is 0.588. The van der Waals surface area contributed by atoms with E-state index in [0.29, 0.717) is 11.9 Å².